The second kappa shape index (κ2) is 4.72. The Hall–Kier alpha value is -0.940. The van der Waals surface area contributed by atoms with Crippen LogP contribution in [-0.2, 0) is 10.3 Å². The van der Waals surface area contributed by atoms with E-state index in [4.69, 9.17) is 5.73 Å². The van der Waals surface area contributed by atoms with Crippen molar-refractivity contribution >= 4 is 17.2 Å². The summed E-state index contributed by atoms with van der Waals surface area (Å²) in [5.41, 5.74) is 5.88. The Morgan fingerprint density at radius 3 is 2.80 bits per heavy atom. The van der Waals surface area contributed by atoms with Gasteiger partial charge in [-0.05, 0) is 20.3 Å². The topological polar surface area (TPSA) is 68.0 Å². The number of nitrogens with one attached hydrogen (secondary N) is 1. The minimum Gasteiger partial charge on any atom is -0.343 e. The van der Waals surface area contributed by atoms with Crippen LogP contribution < -0.4 is 11.1 Å². The van der Waals surface area contributed by atoms with E-state index in [0.29, 0.717) is 0 Å². The van der Waals surface area contributed by atoms with Crippen LogP contribution in [0.15, 0.2) is 5.38 Å². The summed E-state index contributed by atoms with van der Waals surface area (Å²) in [5.74, 6) is -0.146. The van der Waals surface area contributed by atoms with Gasteiger partial charge >= 0.3 is 0 Å². The zero-order valence-corrected chi connectivity index (χ0v) is 10.1. The molecule has 0 aliphatic carbocycles. The predicted molar refractivity (Wildman–Crippen MR) is 61.7 cm³/mol. The SMILES string of the molecule is CCC(C)(NC(=O)CN)c1nc(C)cs1. The first kappa shape index (κ1) is 12.1. The van der Waals surface area contributed by atoms with E-state index in [1.165, 1.54) is 0 Å². The second-order valence-electron chi connectivity index (χ2n) is 3.73. The summed E-state index contributed by atoms with van der Waals surface area (Å²) in [7, 11) is 0. The minimum absolute atomic E-state index is 0.0138. The first-order valence-electron chi connectivity index (χ1n) is 4.95. The summed E-state index contributed by atoms with van der Waals surface area (Å²) < 4.78 is 0. The molecule has 1 aromatic heterocycles. The van der Waals surface area contributed by atoms with Gasteiger partial charge in [0.05, 0.1) is 12.1 Å². The molecule has 5 heteroatoms. The number of carbonyl (C=O) groups excluding carboxylic acids is 1. The van der Waals surface area contributed by atoms with Crippen LogP contribution in [0, 0.1) is 6.92 Å². The minimum atomic E-state index is -0.393. The van der Waals surface area contributed by atoms with E-state index in [1.807, 2.05) is 26.2 Å². The standard InChI is InChI=1S/C10H17N3OS/c1-4-10(3,13-8(14)5-11)9-12-7(2)6-15-9/h6H,4-5,11H2,1-3H3,(H,13,14). The van der Waals surface area contributed by atoms with E-state index in [9.17, 15) is 4.79 Å². The molecule has 0 radical (unpaired) electrons. The van der Waals surface area contributed by atoms with Crippen LogP contribution in [0.1, 0.15) is 31.0 Å². The first-order chi connectivity index (χ1) is 7.01. The van der Waals surface area contributed by atoms with Gasteiger partial charge in [-0.25, -0.2) is 4.98 Å². The molecule has 4 nitrogen and oxygen atoms in total. The molecule has 3 N–H and O–H groups in total. The Kier molecular flexibility index (Phi) is 3.82. The van der Waals surface area contributed by atoms with Crippen molar-refractivity contribution in [3.63, 3.8) is 0 Å². The number of aryl methyl sites for hydroxylation is 1. The van der Waals surface area contributed by atoms with Gasteiger partial charge in [0.1, 0.15) is 5.01 Å². The molecule has 15 heavy (non-hydrogen) atoms. The molecule has 0 aliphatic heterocycles. The van der Waals surface area contributed by atoms with Crippen LogP contribution in [0.4, 0.5) is 0 Å². The highest BCUT2D eigenvalue weighted by atomic mass is 32.1. The maximum Gasteiger partial charge on any atom is 0.234 e. The molecular formula is C10H17N3OS. The average molecular weight is 227 g/mol. The molecule has 0 fully saturated rings. The van der Waals surface area contributed by atoms with Crippen molar-refractivity contribution in [3.8, 4) is 0 Å². The first-order valence-corrected chi connectivity index (χ1v) is 5.83. The summed E-state index contributed by atoms with van der Waals surface area (Å²) in [6, 6.07) is 0. The number of aromatic nitrogens is 1. The lowest BCUT2D eigenvalue weighted by molar-refractivity contribution is -0.121. The zero-order valence-electron chi connectivity index (χ0n) is 9.33. The molecule has 0 bridgehead atoms. The molecule has 1 aromatic rings. The Morgan fingerprint density at radius 1 is 1.73 bits per heavy atom. The highest BCUT2D eigenvalue weighted by molar-refractivity contribution is 7.09. The Balaban J connectivity index is 2.89. The molecule has 0 aliphatic rings. The molecule has 0 saturated carbocycles. The summed E-state index contributed by atoms with van der Waals surface area (Å²) in [5, 5.41) is 5.82. The number of hydrogen-bond acceptors (Lipinski definition) is 4. The van der Waals surface area contributed by atoms with Crippen molar-refractivity contribution in [1.82, 2.24) is 10.3 Å². The number of hydrogen-bond donors (Lipinski definition) is 2. The number of nitrogens with two attached hydrogens (primary N) is 1. The maximum absolute atomic E-state index is 11.3. The third-order valence-electron chi connectivity index (χ3n) is 2.40. The molecule has 1 rings (SSSR count). The third kappa shape index (κ3) is 2.76. The van der Waals surface area contributed by atoms with E-state index in [0.717, 1.165) is 17.1 Å². The highest BCUT2D eigenvalue weighted by Gasteiger charge is 2.29. The quantitative estimate of drug-likeness (QED) is 0.811. The van der Waals surface area contributed by atoms with E-state index < -0.39 is 5.54 Å². The fraction of sp³-hybridized carbons (Fsp3) is 0.600. The van der Waals surface area contributed by atoms with Gasteiger partial charge in [-0.1, -0.05) is 6.92 Å². The zero-order chi connectivity index (χ0) is 11.5. The van der Waals surface area contributed by atoms with E-state index in [-0.39, 0.29) is 12.5 Å². The summed E-state index contributed by atoms with van der Waals surface area (Å²) in [6.07, 6.45) is 0.797. The summed E-state index contributed by atoms with van der Waals surface area (Å²) >= 11 is 1.57. The highest BCUT2D eigenvalue weighted by Crippen LogP contribution is 2.27. The van der Waals surface area contributed by atoms with Gasteiger partial charge in [0.2, 0.25) is 5.91 Å². The molecule has 0 saturated heterocycles. The fourth-order valence-electron chi connectivity index (χ4n) is 1.26. The average Bonchev–Trinajstić information content (AvgIpc) is 2.65. The fourth-order valence-corrected chi connectivity index (χ4v) is 2.25. The lowest BCUT2D eigenvalue weighted by Gasteiger charge is -2.27. The number of thiazole rings is 1. The second-order valence-corrected chi connectivity index (χ2v) is 4.59. The van der Waals surface area contributed by atoms with E-state index >= 15 is 0 Å². The van der Waals surface area contributed by atoms with Crippen molar-refractivity contribution in [3.05, 3.63) is 16.1 Å². The monoisotopic (exact) mass is 227 g/mol. The van der Waals surface area contributed by atoms with Gasteiger partial charge in [0.25, 0.3) is 0 Å². The number of amides is 1. The number of rotatable bonds is 4. The summed E-state index contributed by atoms with van der Waals surface area (Å²) in [4.78, 5) is 15.7. The largest absolute Gasteiger partial charge is 0.343 e. The van der Waals surface area contributed by atoms with Gasteiger partial charge in [-0.2, -0.15) is 0 Å². The van der Waals surface area contributed by atoms with Crippen LogP contribution in [-0.4, -0.2) is 17.4 Å². The van der Waals surface area contributed by atoms with Gasteiger partial charge < -0.3 is 11.1 Å². The van der Waals surface area contributed by atoms with Gasteiger partial charge in [-0.15, -0.1) is 11.3 Å². The molecule has 1 heterocycles. The smallest absolute Gasteiger partial charge is 0.234 e. The lowest BCUT2D eigenvalue weighted by atomic mass is 10.00. The van der Waals surface area contributed by atoms with Crippen molar-refractivity contribution in [1.29, 1.82) is 0 Å². The molecule has 1 atom stereocenters. The maximum atomic E-state index is 11.3. The Labute approximate surface area is 93.9 Å². The van der Waals surface area contributed by atoms with E-state index in [1.54, 1.807) is 11.3 Å². The number of carbonyl (C=O) groups is 1. The van der Waals surface area contributed by atoms with Crippen molar-refractivity contribution in [2.24, 2.45) is 5.73 Å². The predicted octanol–water partition coefficient (Wildman–Crippen LogP) is 1.15. The summed E-state index contributed by atoms with van der Waals surface area (Å²) in [6.45, 7) is 5.95. The molecule has 1 amide bonds. The molecular weight excluding hydrogens is 210 g/mol. The van der Waals surface area contributed by atoms with Crippen LogP contribution in [0.3, 0.4) is 0 Å². The molecule has 1 unspecified atom stereocenters. The Bertz CT molecular complexity index is 350. The molecule has 84 valence electrons. The van der Waals surface area contributed by atoms with Gasteiger partial charge in [0, 0.05) is 11.1 Å². The van der Waals surface area contributed by atoms with Crippen molar-refractivity contribution in [2.45, 2.75) is 32.7 Å². The molecule has 0 spiro atoms. The van der Waals surface area contributed by atoms with Crippen molar-refractivity contribution < 1.29 is 4.79 Å². The van der Waals surface area contributed by atoms with Crippen LogP contribution >= 0.6 is 11.3 Å². The number of nitrogens with zero attached hydrogens (tertiary/aromatic N) is 1. The van der Waals surface area contributed by atoms with Crippen LogP contribution in [0.25, 0.3) is 0 Å². The van der Waals surface area contributed by atoms with Gasteiger partial charge in [0.15, 0.2) is 0 Å². The lowest BCUT2D eigenvalue weighted by Crippen LogP contribution is -2.45. The third-order valence-corrected chi connectivity index (χ3v) is 3.62. The van der Waals surface area contributed by atoms with Gasteiger partial charge in [-0.3, -0.25) is 4.79 Å². The molecule has 0 aromatic carbocycles. The van der Waals surface area contributed by atoms with E-state index in [2.05, 4.69) is 10.3 Å². The van der Waals surface area contributed by atoms with Crippen LogP contribution in [0.5, 0.6) is 0 Å². The Morgan fingerprint density at radius 2 is 2.40 bits per heavy atom. The normalized spacial score (nSPS) is 14.7. The van der Waals surface area contributed by atoms with Crippen LogP contribution in [0.2, 0.25) is 0 Å². The van der Waals surface area contributed by atoms with Crippen molar-refractivity contribution in [2.75, 3.05) is 6.54 Å².